The smallest absolute Gasteiger partial charge is 0.307 e. The van der Waals surface area contributed by atoms with Crippen LogP contribution >= 0.6 is 7.60 Å². The first kappa shape index (κ1) is 18.4. The van der Waals surface area contributed by atoms with E-state index in [0.717, 1.165) is 24.9 Å². The zero-order valence-corrected chi connectivity index (χ0v) is 14.5. The summed E-state index contributed by atoms with van der Waals surface area (Å²) >= 11 is 0. The standard InChI is InChI=1S/C16H28NO3P/c1-5-8-14-17-16(4,15-12-10-9-11-13-15)21(18,19-6-2)20-7-3/h9-13,17H,5-8,14H2,1-4H3. The summed E-state index contributed by atoms with van der Waals surface area (Å²) in [4.78, 5) is 0. The van der Waals surface area contributed by atoms with Crippen molar-refractivity contribution in [1.82, 2.24) is 5.32 Å². The molecule has 1 aromatic rings. The molecule has 1 atom stereocenters. The second-order valence-electron chi connectivity index (χ2n) is 5.05. The minimum atomic E-state index is -3.31. The zero-order valence-electron chi connectivity index (χ0n) is 13.6. The highest BCUT2D eigenvalue weighted by molar-refractivity contribution is 7.55. The molecule has 0 aromatic heterocycles. The van der Waals surface area contributed by atoms with Crippen molar-refractivity contribution in [2.45, 2.75) is 45.8 Å². The summed E-state index contributed by atoms with van der Waals surface area (Å²) in [5.41, 5.74) is 0.923. The van der Waals surface area contributed by atoms with E-state index in [0.29, 0.717) is 13.2 Å². The average molecular weight is 313 g/mol. The van der Waals surface area contributed by atoms with Gasteiger partial charge in [0.15, 0.2) is 0 Å². The third-order valence-electron chi connectivity index (χ3n) is 3.48. The lowest BCUT2D eigenvalue weighted by atomic mass is 10.1. The van der Waals surface area contributed by atoms with Crippen molar-refractivity contribution < 1.29 is 13.6 Å². The fourth-order valence-electron chi connectivity index (χ4n) is 2.26. The molecular formula is C16H28NO3P. The predicted octanol–water partition coefficient (Wildman–Crippen LogP) is 4.52. The van der Waals surface area contributed by atoms with Crippen LogP contribution < -0.4 is 5.32 Å². The van der Waals surface area contributed by atoms with Crippen LogP contribution in [0.1, 0.15) is 46.1 Å². The topological polar surface area (TPSA) is 47.6 Å². The minimum absolute atomic E-state index is 0.356. The monoisotopic (exact) mass is 313 g/mol. The molecular weight excluding hydrogens is 285 g/mol. The van der Waals surface area contributed by atoms with Crippen LogP contribution in [0.15, 0.2) is 30.3 Å². The Morgan fingerprint density at radius 1 is 1.10 bits per heavy atom. The van der Waals surface area contributed by atoms with Gasteiger partial charge in [-0.05, 0) is 39.3 Å². The molecule has 0 aliphatic carbocycles. The van der Waals surface area contributed by atoms with Crippen LogP contribution in [0.5, 0.6) is 0 Å². The van der Waals surface area contributed by atoms with E-state index in [2.05, 4.69) is 12.2 Å². The number of hydrogen-bond donors (Lipinski definition) is 1. The molecule has 5 heteroatoms. The third kappa shape index (κ3) is 4.40. The van der Waals surface area contributed by atoms with Crippen LogP contribution in [0.3, 0.4) is 0 Å². The van der Waals surface area contributed by atoms with Crippen molar-refractivity contribution in [3.05, 3.63) is 35.9 Å². The van der Waals surface area contributed by atoms with Gasteiger partial charge in [-0.3, -0.25) is 9.88 Å². The highest BCUT2D eigenvalue weighted by Crippen LogP contribution is 2.63. The van der Waals surface area contributed by atoms with Crippen molar-refractivity contribution in [2.75, 3.05) is 19.8 Å². The number of rotatable bonds is 10. The Labute approximate surface area is 128 Å². The largest absolute Gasteiger partial charge is 0.354 e. The highest BCUT2D eigenvalue weighted by Gasteiger charge is 2.48. The quantitative estimate of drug-likeness (QED) is 0.510. The SMILES string of the molecule is CCCCNC(C)(c1ccccc1)P(=O)(OCC)OCC. The summed E-state index contributed by atoms with van der Waals surface area (Å²) in [6, 6.07) is 9.75. The average Bonchev–Trinajstić information content (AvgIpc) is 2.48. The molecule has 1 unspecified atom stereocenters. The summed E-state index contributed by atoms with van der Waals surface area (Å²) in [5, 5.41) is 2.57. The Hall–Kier alpha value is -0.670. The lowest BCUT2D eigenvalue weighted by Crippen LogP contribution is -2.41. The fraction of sp³-hybridized carbons (Fsp3) is 0.625. The maximum Gasteiger partial charge on any atom is 0.354 e. The predicted molar refractivity (Wildman–Crippen MR) is 87.6 cm³/mol. The van der Waals surface area contributed by atoms with E-state index in [1.54, 1.807) is 0 Å². The maximum atomic E-state index is 13.3. The summed E-state index contributed by atoms with van der Waals surface area (Å²) in [5.74, 6) is 0. The molecule has 0 spiro atoms. The Balaban J connectivity index is 3.18. The lowest BCUT2D eigenvalue weighted by molar-refractivity contribution is 0.189. The summed E-state index contributed by atoms with van der Waals surface area (Å²) in [6.45, 7) is 9.19. The zero-order chi connectivity index (χ0) is 15.8. The van der Waals surface area contributed by atoms with Gasteiger partial charge in [0.1, 0.15) is 5.28 Å². The molecule has 21 heavy (non-hydrogen) atoms. The van der Waals surface area contributed by atoms with Gasteiger partial charge in [0.05, 0.1) is 13.2 Å². The van der Waals surface area contributed by atoms with Gasteiger partial charge >= 0.3 is 7.60 Å². The molecule has 4 nitrogen and oxygen atoms in total. The first-order valence-corrected chi connectivity index (χ1v) is 9.28. The van der Waals surface area contributed by atoms with Crippen LogP contribution in [0.4, 0.5) is 0 Å². The van der Waals surface area contributed by atoms with Crippen LogP contribution in [0.25, 0.3) is 0 Å². The third-order valence-corrected chi connectivity index (χ3v) is 6.19. The molecule has 0 saturated heterocycles. The Morgan fingerprint density at radius 2 is 1.67 bits per heavy atom. The summed E-state index contributed by atoms with van der Waals surface area (Å²) in [7, 11) is -3.31. The van der Waals surface area contributed by atoms with Crippen LogP contribution in [-0.2, 0) is 18.9 Å². The molecule has 0 heterocycles. The van der Waals surface area contributed by atoms with E-state index < -0.39 is 12.9 Å². The van der Waals surface area contributed by atoms with Gasteiger partial charge in [-0.1, -0.05) is 43.7 Å². The van der Waals surface area contributed by atoms with Gasteiger partial charge in [0, 0.05) is 0 Å². The van der Waals surface area contributed by atoms with Crippen LogP contribution in [0.2, 0.25) is 0 Å². The fourth-order valence-corrected chi connectivity index (χ4v) is 4.31. The maximum absolute atomic E-state index is 13.3. The van der Waals surface area contributed by atoms with Gasteiger partial charge in [-0.15, -0.1) is 0 Å². The number of hydrogen-bond acceptors (Lipinski definition) is 4. The second-order valence-corrected chi connectivity index (χ2v) is 7.46. The van der Waals surface area contributed by atoms with Gasteiger partial charge in [-0.25, -0.2) is 0 Å². The Bertz CT molecular complexity index is 442. The number of nitrogens with one attached hydrogen (secondary N) is 1. The van der Waals surface area contributed by atoms with Crippen molar-refractivity contribution >= 4 is 7.60 Å². The first-order valence-electron chi connectivity index (χ1n) is 7.73. The lowest BCUT2D eigenvalue weighted by Gasteiger charge is -2.37. The highest BCUT2D eigenvalue weighted by atomic mass is 31.2. The molecule has 0 amide bonds. The molecule has 120 valence electrons. The normalized spacial score (nSPS) is 14.9. The molecule has 1 rings (SSSR count). The molecule has 0 aliphatic rings. The van der Waals surface area contributed by atoms with E-state index in [-0.39, 0.29) is 0 Å². The molecule has 0 radical (unpaired) electrons. The molecule has 0 bridgehead atoms. The summed E-state index contributed by atoms with van der Waals surface area (Å²) in [6.07, 6.45) is 2.09. The van der Waals surface area contributed by atoms with Crippen LogP contribution in [-0.4, -0.2) is 19.8 Å². The van der Waals surface area contributed by atoms with Crippen LogP contribution in [0, 0.1) is 0 Å². The molecule has 0 saturated carbocycles. The van der Waals surface area contributed by atoms with Crippen molar-refractivity contribution in [3.63, 3.8) is 0 Å². The molecule has 1 aromatic carbocycles. The number of benzene rings is 1. The van der Waals surface area contributed by atoms with Gasteiger partial charge < -0.3 is 9.05 Å². The molecule has 0 fully saturated rings. The van der Waals surface area contributed by atoms with E-state index in [4.69, 9.17) is 9.05 Å². The Kier molecular flexibility index (Phi) is 7.61. The van der Waals surface area contributed by atoms with Gasteiger partial charge in [0.25, 0.3) is 0 Å². The van der Waals surface area contributed by atoms with Crippen molar-refractivity contribution in [2.24, 2.45) is 0 Å². The van der Waals surface area contributed by atoms with Crippen molar-refractivity contribution in [3.8, 4) is 0 Å². The van der Waals surface area contributed by atoms with E-state index >= 15 is 0 Å². The minimum Gasteiger partial charge on any atom is -0.307 e. The van der Waals surface area contributed by atoms with E-state index in [9.17, 15) is 4.57 Å². The Morgan fingerprint density at radius 3 is 2.14 bits per heavy atom. The van der Waals surface area contributed by atoms with E-state index in [1.165, 1.54) is 0 Å². The van der Waals surface area contributed by atoms with Crippen molar-refractivity contribution in [1.29, 1.82) is 0 Å². The second kappa shape index (κ2) is 8.70. The molecule has 0 aliphatic heterocycles. The first-order chi connectivity index (χ1) is 10.0. The van der Waals surface area contributed by atoms with E-state index in [1.807, 2.05) is 51.1 Å². The summed E-state index contributed by atoms with van der Waals surface area (Å²) < 4.78 is 24.5. The van der Waals surface area contributed by atoms with Gasteiger partial charge in [-0.2, -0.15) is 0 Å². The van der Waals surface area contributed by atoms with Gasteiger partial charge in [0.2, 0.25) is 0 Å². The molecule has 1 N–H and O–H groups in total. The number of unbranched alkanes of at least 4 members (excludes halogenated alkanes) is 1.